The Labute approximate surface area is 53.5 Å². The van der Waals surface area contributed by atoms with Crippen LogP contribution in [0.25, 0.3) is 0 Å². The Morgan fingerprint density at radius 1 is 1.38 bits per heavy atom. The number of rotatable bonds is 3. The van der Waals surface area contributed by atoms with Crippen molar-refractivity contribution in [2.24, 2.45) is 0 Å². The highest BCUT2D eigenvalue weighted by Gasteiger charge is 1.75. The van der Waals surface area contributed by atoms with Crippen molar-refractivity contribution < 1.29 is 6.17 Å². The normalized spacial score (nSPS) is 8.88. The van der Waals surface area contributed by atoms with Crippen molar-refractivity contribution in [1.29, 1.82) is 0 Å². The third-order valence-corrected chi connectivity index (χ3v) is 0.854. The lowest BCUT2D eigenvalue weighted by molar-refractivity contribution is -0.0979. The molecule has 0 rings (SSSR count). The van der Waals surface area contributed by atoms with Gasteiger partial charge in [-0.25, -0.2) is 0 Å². The largest absolute Gasteiger partial charge is 0.307 e. The van der Waals surface area contributed by atoms with Crippen molar-refractivity contribution in [2.45, 2.75) is 39.5 Å². The van der Waals surface area contributed by atoms with Gasteiger partial charge >= 0.3 is 0 Å². The first-order valence-corrected chi connectivity index (χ1v) is 3.00. The molecule has 0 aliphatic carbocycles. The van der Waals surface area contributed by atoms with E-state index in [1.165, 1.54) is 19.3 Å². The Hall–Kier alpha value is -0.330. The van der Waals surface area contributed by atoms with Crippen LogP contribution in [0.5, 0.6) is 0 Å². The monoisotopic (exact) mass is 118 g/mol. The van der Waals surface area contributed by atoms with Crippen molar-refractivity contribution in [3.63, 3.8) is 0 Å². The summed E-state index contributed by atoms with van der Waals surface area (Å²) in [5.74, 6) is 0. The van der Waals surface area contributed by atoms with Gasteiger partial charge in [0, 0.05) is 1.37 Å². The van der Waals surface area contributed by atoms with Crippen molar-refractivity contribution in [3.8, 4) is 0 Å². The molecule has 8 heavy (non-hydrogen) atoms. The highest BCUT2D eigenvalue weighted by atomic mass is 16.1. The van der Waals surface area contributed by atoms with Crippen LogP contribution in [0.4, 0.5) is 0 Å². The standard InChI is InChI=1S/C6H14.CH2O/c1-3-5-6-4-2;1-2/h3-6H2,1-2H3;1H2/i1T;. The number of unbranched alkanes of at least 4 members (excludes halogenated alkanes) is 3. The van der Waals surface area contributed by atoms with E-state index < -0.39 is 0 Å². The van der Waals surface area contributed by atoms with Gasteiger partial charge in [-0.2, -0.15) is 0 Å². The van der Waals surface area contributed by atoms with Gasteiger partial charge in [0.05, 0.1) is 0 Å². The van der Waals surface area contributed by atoms with Gasteiger partial charge in [0.2, 0.25) is 0 Å². The fourth-order valence-electron chi connectivity index (χ4n) is 0.427. The van der Waals surface area contributed by atoms with Crippen LogP contribution in [0.1, 0.15) is 40.9 Å². The van der Waals surface area contributed by atoms with Gasteiger partial charge in [-0.3, -0.25) is 0 Å². The molecule has 0 heterocycles. The Balaban J connectivity index is 0. The quantitative estimate of drug-likeness (QED) is 0.520. The molecule has 0 aliphatic rings. The molecule has 50 valence electrons. The summed E-state index contributed by atoms with van der Waals surface area (Å²) < 4.78 is 6.78. The minimum Gasteiger partial charge on any atom is -0.307 e. The summed E-state index contributed by atoms with van der Waals surface area (Å²) in [6, 6.07) is 0. The van der Waals surface area contributed by atoms with E-state index in [1.807, 2.05) is 6.79 Å². The second-order valence-electron chi connectivity index (χ2n) is 1.56. The first kappa shape index (κ1) is 7.67. The molecule has 0 radical (unpaired) electrons. The molecule has 0 bridgehead atoms. The van der Waals surface area contributed by atoms with Crippen LogP contribution in [0, 0.1) is 0 Å². The van der Waals surface area contributed by atoms with Gasteiger partial charge in [-0.05, 0) is 0 Å². The second-order valence-corrected chi connectivity index (χ2v) is 1.56. The van der Waals surface area contributed by atoms with Crippen LogP contribution in [-0.2, 0) is 4.79 Å². The molecule has 0 amide bonds. The van der Waals surface area contributed by atoms with Crippen LogP contribution in [0.3, 0.4) is 0 Å². The first-order chi connectivity index (χ1) is 4.41. The van der Waals surface area contributed by atoms with Crippen molar-refractivity contribution in [2.75, 3.05) is 0 Å². The highest BCUT2D eigenvalue weighted by molar-refractivity contribution is 5.10. The maximum absolute atomic E-state index is 8.00. The predicted molar refractivity (Wildman–Crippen MR) is 36.9 cm³/mol. The molecular weight excluding hydrogens is 100 g/mol. The Morgan fingerprint density at radius 3 is 2.25 bits per heavy atom. The number of carbonyl (C=O) groups excluding carboxylic acids is 1. The zero-order chi connectivity index (χ0) is 7.54. The molecule has 0 saturated heterocycles. The third kappa shape index (κ3) is 17.3. The maximum atomic E-state index is 8.00. The smallest absolute Gasteiger partial charge is 0.106 e. The molecule has 0 aromatic carbocycles. The van der Waals surface area contributed by atoms with Crippen LogP contribution >= 0.6 is 0 Å². The van der Waals surface area contributed by atoms with Crippen molar-refractivity contribution >= 4 is 6.79 Å². The Bertz CT molecular complexity index is 35.9. The number of hydrogen-bond acceptors (Lipinski definition) is 1. The molecule has 0 aliphatic heterocycles. The van der Waals surface area contributed by atoms with E-state index in [4.69, 9.17) is 6.17 Å². The fraction of sp³-hybridized carbons (Fsp3) is 0.857. The van der Waals surface area contributed by atoms with Crippen molar-refractivity contribution in [3.05, 3.63) is 0 Å². The fourth-order valence-corrected chi connectivity index (χ4v) is 0.427. The molecule has 0 spiro atoms. The second kappa shape index (κ2) is 15.9. The van der Waals surface area contributed by atoms with E-state index in [1.54, 1.807) is 0 Å². The summed E-state index contributed by atoms with van der Waals surface area (Å²) in [5.41, 5.74) is 0. The molecule has 0 fully saturated rings. The van der Waals surface area contributed by atoms with E-state index in [2.05, 4.69) is 6.92 Å². The van der Waals surface area contributed by atoms with Gasteiger partial charge in [-0.15, -0.1) is 0 Å². The molecule has 0 atom stereocenters. The molecular formula is C7H16O. The summed E-state index contributed by atoms with van der Waals surface area (Å²) in [7, 11) is 0. The van der Waals surface area contributed by atoms with Gasteiger partial charge < -0.3 is 4.79 Å². The van der Waals surface area contributed by atoms with E-state index in [0.29, 0.717) is 6.90 Å². The molecule has 0 aromatic rings. The van der Waals surface area contributed by atoms with Gasteiger partial charge in [-0.1, -0.05) is 39.5 Å². The molecule has 0 aromatic heterocycles. The summed E-state index contributed by atoms with van der Waals surface area (Å²) in [5, 5.41) is 0. The summed E-state index contributed by atoms with van der Waals surface area (Å²) >= 11 is 0. The minimum absolute atomic E-state index is 0.611. The maximum Gasteiger partial charge on any atom is 0.106 e. The molecule has 1 heteroatoms. The lowest BCUT2D eigenvalue weighted by Gasteiger charge is -1.86. The van der Waals surface area contributed by atoms with E-state index in [-0.39, 0.29) is 0 Å². The Morgan fingerprint density at radius 2 is 1.88 bits per heavy atom. The van der Waals surface area contributed by atoms with Crippen molar-refractivity contribution in [1.82, 2.24) is 0 Å². The zero-order valence-electron chi connectivity index (χ0n) is 6.65. The summed E-state index contributed by atoms with van der Waals surface area (Å²) in [6.07, 6.45) is 4.92. The van der Waals surface area contributed by atoms with Gasteiger partial charge in [0.25, 0.3) is 0 Å². The van der Waals surface area contributed by atoms with Gasteiger partial charge in [0.15, 0.2) is 0 Å². The number of hydrogen-bond donors (Lipinski definition) is 0. The number of carbonyl (C=O) groups is 1. The Kier molecular flexibility index (Phi) is 15.3. The molecule has 0 N–H and O–H groups in total. The van der Waals surface area contributed by atoms with Gasteiger partial charge in [0.1, 0.15) is 6.79 Å². The molecule has 0 unspecified atom stereocenters. The molecule has 1 nitrogen and oxygen atoms in total. The summed E-state index contributed by atoms with van der Waals surface area (Å²) in [4.78, 5) is 8.00. The highest BCUT2D eigenvalue weighted by Crippen LogP contribution is 1.95. The van der Waals surface area contributed by atoms with Crippen LogP contribution in [0.2, 0.25) is 0 Å². The average molecular weight is 118 g/mol. The van der Waals surface area contributed by atoms with E-state index >= 15 is 0 Å². The first-order valence-electron chi connectivity index (χ1n) is 3.70. The third-order valence-electron chi connectivity index (χ3n) is 0.854. The van der Waals surface area contributed by atoms with Crippen LogP contribution < -0.4 is 0 Å². The summed E-state index contributed by atoms with van der Waals surface area (Å²) in [6.45, 7) is 4.80. The zero-order valence-corrected chi connectivity index (χ0v) is 5.65. The van der Waals surface area contributed by atoms with E-state index in [9.17, 15) is 0 Å². The lowest BCUT2D eigenvalue weighted by atomic mass is 10.2. The van der Waals surface area contributed by atoms with Crippen LogP contribution in [-0.4, -0.2) is 6.79 Å². The molecule has 0 saturated carbocycles. The topological polar surface area (TPSA) is 17.1 Å². The minimum atomic E-state index is 0.611. The average Bonchev–Trinajstić information content (AvgIpc) is 1.94. The SMILES string of the molecule is C=O.[3H]CCCCCC. The van der Waals surface area contributed by atoms with E-state index in [0.717, 1.165) is 6.42 Å². The van der Waals surface area contributed by atoms with Crippen LogP contribution in [0.15, 0.2) is 0 Å². The lowest BCUT2D eigenvalue weighted by Crippen LogP contribution is -1.66. The predicted octanol–water partition coefficient (Wildman–Crippen LogP) is 2.40.